The standard InChI is InChI=1S/C12H16BrN3O3/c1-7-8(4-14-10(18-3)9(7)13)15-11(17)16-12(2)5-19-6-12/h4H,5-6H2,1-3H3,(H2,15,16,17). The molecule has 1 saturated heterocycles. The maximum Gasteiger partial charge on any atom is 0.319 e. The van der Waals surface area contributed by atoms with Gasteiger partial charge in [0, 0.05) is 0 Å². The average molecular weight is 330 g/mol. The third-order valence-corrected chi connectivity index (χ3v) is 3.86. The zero-order chi connectivity index (χ0) is 14.0. The van der Waals surface area contributed by atoms with Crippen LogP contribution in [0.2, 0.25) is 0 Å². The van der Waals surface area contributed by atoms with E-state index in [0.29, 0.717) is 24.8 Å². The van der Waals surface area contributed by atoms with E-state index in [-0.39, 0.29) is 11.6 Å². The second-order valence-electron chi connectivity index (χ2n) is 4.75. The van der Waals surface area contributed by atoms with E-state index in [1.807, 2.05) is 13.8 Å². The van der Waals surface area contributed by atoms with Crippen LogP contribution in [0.25, 0.3) is 0 Å². The Bertz CT molecular complexity index is 503. The first-order valence-corrected chi connectivity index (χ1v) is 6.60. The maximum absolute atomic E-state index is 11.9. The van der Waals surface area contributed by atoms with Crippen molar-refractivity contribution in [1.29, 1.82) is 0 Å². The molecule has 19 heavy (non-hydrogen) atoms. The van der Waals surface area contributed by atoms with Crippen LogP contribution in [-0.4, -0.2) is 36.9 Å². The number of aromatic nitrogens is 1. The number of halogens is 1. The van der Waals surface area contributed by atoms with Crippen molar-refractivity contribution in [2.75, 3.05) is 25.6 Å². The van der Waals surface area contributed by atoms with Gasteiger partial charge in [0.2, 0.25) is 5.88 Å². The van der Waals surface area contributed by atoms with E-state index in [0.717, 1.165) is 10.0 Å². The minimum Gasteiger partial charge on any atom is -0.480 e. The highest BCUT2D eigenvalue weighted by Gasteiger charge is 2.34. The summed E-state index contributed by atoms with van der Waals surface area (Å²) in [5.41, 5.74) is 1.21. The molecule has 0 aromatic carbocycles. The molecule has 2 heterocycles. The zero-order valence-corrected chi connectivity index (χ0v) is 12.6. The number of pyridine rings is 1. The van der Waals surface area contributed by atoms with E-state index in [1.54, 1.807) is 13.3 Å². The Morgan fingerprint density at radius 1 is 1.58 bits per heavy atom. The normalized spacial score (nSPS) is 16.4. The molecule has 2 amide bonds. The van der Waals surface area contributed by atoms with Crippen molar-refractivity contribution in [3.8, 4) is 5.88 Å². The third kappa shape index (κ3) is 2.98. The average Bonchev–Trinajstić information content (AvgIpc) is 2.33. The van der Waals surface area contributed by atoms with Gasteiger partial charge in [-0.05, 0) is 35.3 Å². The molecule has 1 aromatic heterocycles. The fraction of sp³-hybridized carbons (Fsp3) is 0.500. The van der Waals surface area contributed by atoms with Gasteiger partial charge in [0.15, 0.2) is 0 Å². The molecule has 0 radical (unpaired) electrons. The molecule has 0 unspecified atom stereocenters. The van der Waals surface area contributed by atoms with E-state index in [4.69, 9.17) is 9.47 Å². The quantitative estimate of drug-likeness (QED) is 0.890. The molecule has 104 valence electrons. The fourth-order valence-electron chi connectivity index (χ4n) is 1.73. The largest absolute Gasteiger partial charge is 0.480 e. The molecule has 0 atom stereocenters. The Labute approximate surface area is 120 Å². The van der Waals surface area contributed by atoms with Crippen LogP contribution in [0, 0.1) is 6.92 Å². The summed E-state index contributed by atoms with van der Waals surface area (Å²) >= 11 is 3.39. The van der Waals surface area contributed by atoms with Crippen molar-refractivity contribution < 1.29 is 14.3 Å². The number of hydrogen-bond donors (Lipinski definition) is 2. The minimum absolute atomic E-state index is 0.271. The predicted molar refractivity (Wildman–Crippen MR) is 74.6 cm³/mol. The van der Waals surface area contributed by atoms with Crippen molar-refractivity contribution >= 4 is 27.6 Å². The van der Waals surface area contributed by atoms with Crippen LogP contribution in [0.4, 0.5) is 10.5 Å². The van der Waals surface area contributed by atoms with Gasteiger partial charge in [-0.1, -0.05) is 0 Å². The summed E-state index contributed by atoms with van der Waals surface area (Å²) in [7, 11) is 1.55. The fourth-order valence-corrected chi connectivity index (χ4v) is 2.21. The van der Waals surface area contributed by atoms with E-state index in [1.165, 1.54) is 0 Å². The second-order valence-corrected chi connectivity index (χ2v) is 5.55. The zero-order valence-electron chi connectivity index (χ0n) is 11.0. The van der Waals surface area contributed by atoms with Gasteiger partial charge in [-0.2, -0.15) is 0 Å². The molecule has 1 aliphatic heterocycles. The molecular formula is C12H16BrN3O3. The van der Waals surface area contributed by atoms with Gasteiger partial charge in [-0.3, -0.25) is 0 Å². The number of carbonyl (C=O) groups excluding carboxylic acids is 1. The number of methoxy groups -OCH3 is 1. The van der Waals surface area contributed by atoms with Gasteiger partial charge in [-0.25, -0.2) is 9.78 Å². The van der Waals surface area contributed by atoms with Crippen LogP contribution in [-0.2, 0) is 4.74 Å². The summed E-state index contributed by atoms with van der Waals surface area (Å²) in [5.74, 6) is 0.489. The summed E-state index contributed by atoms with van der Waals surface area (Å²) in [4.78, 5) is 16.0. The Kier molecular flexibility index (Phi) is 3.96. The summed E-state index contributed by atoms with van der Waals surface area (Å²) in [6.07, 6.45) is 1.57. The highest BCUT2D eigenvalue weighted by atomic mass is 79.9. The molecule has 1 fully saturated rings. The summed E-state index contributed by atoms with van der Waals surface area (Å²) in [6.45, 7) is 4.87. The molecule has 6 nitrogen and oxygen atoms in total. The maximum atomic E-state index is 11.9. The lowest BCUT2D eigenvalue weighted by Gasteiger charge is -2.38. The smallest absolute Gasteiger partial charge is 0.319 e. The number of hydrogen-bond acceptors (Lipinski definition) is 4. The van der Waals surface area contributed by atoms with Crippen molar-refractivity contribution in [3.63, 3.8) is 0 Å². The van der Waals surface area contributed by atoms with E-state index >= 15 is 0 Å². The van der Waals surface area contributed by atoms with E-state index in [9.17, 15) is 4.79 Å². The van der Waals surface area contributed by atoms with Crippen LogP contribution < -0.4 is 15.4 Å². The molecule has 2 N–H and O–H groups in total. The number of amides is 2. The Hall–Kier alpha value is -1.34. The van der Waals surface area contributed by atoms with Crippen molar-refractivity contribution in [2.24, 2.45) is 0 Å². The first-order valence-electron chi connectivity index (χ1n) is 5.81. The molecule has 1 aliphatic rings. The number of nitrogens with zero attached hydrogens (tertiary/aromatic N) is 1. The van der Waals surface area contributed by atoms with Gasteiger partial charge >= 0.3 is 6.03 Å². The van der Waals surface area contributed by atoms with E-state index in [2.05, 4.69) is 31.5 Å². The lowest BCUT2D eigenvalue weighted by atomic mass is 10.0. The van der Waals surface area contributed by atoms with Crippen molar-refractivity contribution in [3.05, 3.63) is 16.2 Å². The first-order chi connectivity index (χ1) is 8.95. The number of anilines is 1. The van der Waals surface area contributed by atoms with Gasteiger partial charge < -0.3 is 20.1 Å². The van der Waals surface area contributed by atoms with Crippen LogP contribution in [0.3, 0.4) is 0 Å². The molecule has 0 bridgehead atoms. The van der Waals surface area contributed by atoms with Crippen LogP contribution in [0.5, 0.6) is 5.88 Å². The van der Waals surface area contributed by atoms with Gasteiger partial charge in [0.1, 0.15) is 0 Å². The van der Waals surface area contributed by atoms with Crippen LogP contribution >= 0.6 is 15.9 Å². The SMILES string of the molecule is COc1ncc(NC(=O)NC2(C)COC2)c(C)c1Br. The molecule has 0 spiro atoms. The third-order valence-electron chi connectivity index (χ3n) is 2.93. The number of rotatable bonds is 3. The Morgan fingerprint density at radius 2 is 2.26 bits per heavy atom. The lowest BCUT2D eigenvalue weighted by molar-refractivity contribution is -0.0567. The molecule has 1 aromatic rings. The Balaban J connectivity index is 2.06. The van der Waals surface area contributed by atoms with Crippen LogP contribution in [0.15, 0.2) is 10.7 Å². The predicted octanol–water partition coefficient (Wildman–Crippen LogP) is 2.07. The topological polar surface area (TPSA) is 72.5 Å². The van der Waals surface area contributed by atoms with Gasteiger partial charge in [0.05, 0.1) is 42.2 Å². The monoisotopic (exact) mass is 329 g/mol. The molecule has 2 rings (SSSR count). The summed E-state index contributed by atoms with van der Waals surface area (Å²) in [5, 5.41) is 5.64. The number of nitrogens with one attached hydrogen (secondary N) is 2. The summed E-state index contributed by atoms with van der Waals surface area (Å²) in [6, 6.07) is -0.271. The minimum atomic E-state index is -0.283. The Morgan fingerprint density at radius 3 is 2.79 bits per heavy atom. The van der Waals surface area contributed by atoms with Crippen LogP contribution in [0.1, 0.15) is 12.5 Å². The van der Waals surface area contributed by atoms with Crippen molar-refractivity contribution in [2.45, 2.75) is 19.4 Å². The molecular weight excluding hydrogens is 314 g/mol. The lowest BCUT2D eigenvalue weighted by Crippen LogP contribution is -2.60. The first kappa shape index (κ1) is 14.1. The summed E-state index contributed by atoms with van der Waals surface area (Å²) < 4.78 is 10.9. The molecule has 7 heteroatoms. The second kappa shape index (κ2) is 5.34. The van der Waals surface area contributed by atoms with Gasteiger partial charge in [0.25, 0.3) is 0 Å². The number of carbonyl (C=O) groups is 1. The van der Waals surface area contributed by atoms with E-state index < -0.39 is 0 Å². The number of ether oxygens (including phenoxy) is 2. The van der Waals surface area contributed by atoms with Gasteiger partial charge in [-0.15, -0.1) is 0 Å². The highest BCUT2D eigenvalue weighted by Crippen LogP contribution is 2.30. The highest BCUT2D eigenvalue weighted by molar-refractivity contribution is 9.10. The molecule has 0 aliphatic carbocycles. The molecule has 0 saturated carbocycles. The van der Waals surface area contributed by atoms with Crippen molar-refractivity contribution in [1.82, 2.24) is 10.3 Å². The number of urea groups is 1.